The van der Waals surface area contributed by atoms with Crippen molar-refractivity contribution in [1.29, 1.82) is 0 Å². The van der Waals surface area contributed by atoms with E-state index >= 15 is 0 Å². The molecule has 2 N–H and O–H groups in total. The molecule has 0 aromatic carbocycles. The van der Waals surface area contributed by atoms with E-state index in [-0.39, 0.29) is 24.7 Å². The molecule has 1 aliphatic rings. The van der Waals surface area contributed by atoms with Gasteiger partial charge in [0.1, 0.15) is 6.33 Å². The van der Waals surface area contributed by atoms with Crippen LogP contribution in [0.3, 0.4) is 0 Å². The van der Waals surface area contributed by atoms with Crippen molar-refractivity contribution in [2.75, 3.05) is 5.73 Å². The van der Waals surface area contributed by atoms with Gasteiger partial charge in [-0.05, 0) is 12.3 Å². The number of nitrogens with zero attached hydrogens (tertiary/aromatic N) is 3. The van der Waals surface area contributed by atoms with Gasteiger partial charge >= 0.3 is 0 Å². The molecule has 0 bridgehead atoms. The van der Waals surface area contributed by atoms with Crippen LogP contribution in [0.2, 0.25) is 0 Å². The van der Waals surface area contributed by atoms with Crippen LogP contribution in [0.4, 0.5) is 14.7 Å². The summed E-state index contributed by atoms with van der Waals surface area (Å²) in [4.78, 5) is 3.74. The fraction of sp³-hybridized carbons (Fsp3) is 0.750. The summed E-state index contributed by atoms with van der Waals surface area (Å²) >= 11 is 0. The fourth-order valence-electron chi connectivity index (χ4n) is 1.86. The first kappa shape index (κ1) is 9.36. The lowest BCUT2D eigenvalue weighted by Crippen LogP contribution is -2.13. The normalized spacial score (nSPS) is 25.4. The minimum atomic E-state index is -2.49. The summed E-state index contributed by atoms with van der Waals surface area (Å²) in [5, 5.41) is 3.86. The van der Waals surface area contributed by atoms with E-state index in [0.29, 0.717) is 13.0 Å². The summed E-state index contributed by atoms with van der Waals surface area (Å²) in [5.74, 6) is -2.31. The van der Waals surface area contributed by atoms with Crippen LogP contribution in [0.5, 0.6) is 0 Å². The van der Waals surface area contributed by atoms with Crippen LogP contribution >= 0.6 is 0 Å². The van der Waals surface area contributed by atoms with Gasteiger partial charge in [0, 0.05) is 19.4 Å². The number of nitrogen functional groups attached to an aromatic ring is 1. The van der Waals surface area contributed by atoms with Crippen LogP contribution in [0, 0.1) is 5.92 Å². The summed E-state index contributed by atoms with van der Waals surface area (Å²) < 4.78 is 27.2. The molecule has 2 rings (SSSR count). The zero-order valence-corrected chi connectivity index (χ0v) is 7.66. The average Bonchev–Trinajstić information content (AvgIpc) is 2.59. The van der Waals surface area contributed by atoms with Crippen molar-refractivity contribution < 1.29 is 8.78 Å². The maximum absolute atomic E-state index is 12.8. The lowest BCUT2D eigenvalue weighted by molar-refractivity contribution is 0.00423. The largest absolute Gasteiger partial charge is 0.367 e. The third-order valence-electron chi connectivity index (χ3n) is 2.51. The van der Waals surface area contributed by atoms with Crippen molar-refractivity contribution in [2.45, 2.75) is 31.7 Å². The number of rotatable bonds is 2. The Balaban J connectivity index is 1.94. The number of alkyl halides is 2. The first-order chi connectivity index (χ1) is 6.55. The second-order valence-corrected chi connectivity index (χ2v) is 3.79. The lowest BCUT2D eigenvalue weighted by atomic mass is 10.1. The topological polar surface area (TPSA) is 56.7 Å². The highest BCUT2D eigenvalue weighted by Crippen LogP contribution is 2.39. The monoisotopic (exact) mass is 202 g/mol. The Morgan fingerprint density at radius 3 is 2.93 bits per heavy atom. The maximum atomic E-state index is 12.8. The molecule has 1 heterocycles. The Morgan fingerprint density at radius 2 is 2.43 bits per heavy atom. The van der Waals surface area contributed by atoms with Gasteiger partial charge in [-0.2, -0.15) is 0 Å². The van der Waals surface area contributed by atoms with Crippen molar-refractivity contribution in [3.63, 3.8) is 0 Å². The first-order valence-electron chi connectivity index (χ1n) is 4.58. The summed E-state index contributed by atoms with van der Waals surface area (Å²) in [5.41, 5.74) is 5.31. The molecule has 1 unspecified atom stereocenters. The third-order valence-corrected chi connectivity index (χ3v) is 2.51. The van der Waals surface area contributed by atoms with Crippen LogP contribution in [-0.2, 0) is 6.54 Å². The molecule has 1 atom stereocenters. The molecule has 1 aliphatic carbocycles. The highest BCUT2D eigenvalue weighted by Gasteiger charge is 2.39. The fourth-order valence-corrected chi connectivity index (χ4v) is 1.86. The van der Waals surface area contributed by atoms with Crippen LogP contribution in [0.15, 0.2) is 6.33 Å². The Hall–Kier alpha value is -1.20. The molecule has 78 valence electrons. The van der Waals surface area contributed by atoms with Crippen molar-refractivity contribution in [3.8, 4) is 0 Å². The molecule has 1 aromatic heterocycles. The van der Waals surface area contributed by atoms with Crippen molar-refractivity contribution in [3.05, 3.63) is 6.33 Å². The van der Waals surface area contributed by atoms with Gasteiger partial charge in [0.25, 0.3) is 0 Å². The van der Waals surface area contributed by atoms with Gasteiger partial charge in [-0.25, -0.2) is 13.8 Å². The molecule has 14 heavy (non-hydrogen) atoms. The van der Waals surface area contributed by atoms with Crippen molar-refractivity contribution >= 4 is 5.95 Å². The Bertz CT molecular complexity index is 323. The highest BCUT2D eigenvalue weighted by molar-refractivity contribution is 5.09. The Kier molecular flexibility index (Phi) is 2.13. The Morgan fingerprint density at radius 1 is 1.64 bits per heavy atom. The van der Waals surface area contributed by atoms with Gasteiger partial charge in [0.2, 0.25) is 11.9 Å². The van der Waals surface area contributed by atoms with Gasteiger partial charge in [-0.1, -0.05) is 0 Å². The van der Waals surface area contributed by atoms with E-state index in [1.54, 1.807) is 0 Å². The number of aromatic nitrogens is 3. The van der Waals surface area contributed by atoms with Crippen molar-refractivity contribution in [1.82, 2.24) is 14.8 Å². The molecule has 1 fully saturated rings. The van der Waals surface area contributed by atoms with E-state index in [0.717, 1.165) is 0 Å². The quantitative estimate of drug-likeness (QED) is 0.786. The molecule has 0 radical (unpaired) electrons. The number of hydrogen-bond donors (Lipinski definition) is 1. The van der Waals surface area contributed by atoms with Crippen molar-refractivity contribution in [2.24, 2.45) is 5.92 Å². The van der Waals surface area contributed by atoms with E-state index < -0.39 is 5.92 Å². The van der Waals surface area contributed by atoms with Crippen LogP contribution in [0.25, 0.3) is 0 Å². The minimum absolute atomic E-state index is 0.00824. The predicted octanol–water partition coefficient (Wildman–Crippen LogP) is 1.30. The Labute approximate surface area is 80.1 Å². The molecule has 0 amide bonds. The summed E-state index contributed by atoms with van der Waals surface area (Å²) in [6, 6.07) is 0. The second-order valence-electron chi connectivity index (χ2n) is 3.79. The number of hydrogen-bond acceptors (Lipinski definition) is 3. The molecular formula is C8H12F2N4. The average molecular weight is 202 g/mol. The lowest BCUT2D eigenvalue weighted by Gasteiger charge is -2.09. The molecule has 0 saturated heterocycles. The van der Waals surface area contributed by atoms with Gasteiger partial charge in [-0.15, -0.1) is 5.10 Å². The van der Waals surface area contributed by atoms with E-state index in [2.05, 4.69) is 10.1 Å². The summed E-state index contributed by atoms with van der Waals surface area (Å²) in [6.07, 6.45) is 1.97. The predicted molar refractivity (Wildman–Crippen MR) is 46.7 cm³/mol. The molecule has 6 heteroatoms. The molecule has 0 spiro atoms. The zero-order valence-electron chi connectivity index (χ0n) is 7.66. The molecule has 0 aliphatic heterocycles. The summed E-state index contributed by atoms with van der Waals surface area (Å²) in [7, 11) is 0. The minimum Gasteiger partial charge on any atom is -0.367 e. The molecule has 1 saturated carbocycles. The third kappa shape index (κ3) is 2.00. The molecule has 1 aromatic rings. The number of nitrogens with two attached hydrogens (primary N) is 1. The number of anilines is 1. The van der Waals surface area contributed by atoms with E-state index in [9.17, 15) is 8.78 Å². The van der Waals surface area contributed by atoms with Crippen LogP contribution < -0.4 is 5.73 Å². The standard InChI is InChI=1S/C8H12F2N4/c9-8(10)2-1-6(3-8)4-14-5-12-7(11)13-14/h5-6H,1-4H2,(H2,11,13). The molecular weight excluding hydrogens is 190 g/mol. The van der Waals surface area contributed by atoms with E-state index in [1.165, 1.54) is 11.0 Å². The van der Waals surface area contributed by atoms with Gasteiger partial charge in [0.05, 0.1) is 0 Å². The van der Waals surface area contributed by atoms with Gasteiger partial charge < -0.3 is 5.73 Å². The van der Waals surface area contributed by atoms with Crippen LogP contribution in [0.1, 0.15) is 19.3 Å². The summed E-state index contributed by atoms with van der Waals surface area (Å²) in [6.45, 7) is 0.486. The SMILES string of the molecule is Nc1ncn(CC2CCC(F)(F)C2)n1. The smallest absolute Gasteiger partial charge is 0.248 e. The second kappa shape index (κ2) is 3.18. The number of halogens is 2. The molecule has 4 nitrogen and oxygen atoms in total. The first-order valence-corrected chi connectivity index (χ1v) is 4.58. The van der Waals surface area contributed by atoms with Crippen LogP contribution in [-0.4, -0.2) is 20.7 Å². The van der Waals surface area contributed by atoms with E-state index in [1.807, 2.05) is 0 Å². The van der Waals surface area contributed by atoms with Gasteiger partial charge in [0.15, 0.2) is 0 Å². The van der Waals surface area contributed by atoms with E-state index in [4.69, 9.17) is 5.73 Å². The highest BCUT2D eigenvalue weighted by atomic mass is 19.3. The zero-order chi connectivity index (χ0) is 10.2. The maximum Gasteiger partial charge on any atom is 0.248 e. The van der Waals surface area contributed by atoms with Gasteiger partial charge in [-0.3, -0.25) is 4.68 Å².